The summed E-state index contributed by atoms with van der Waals surface area (Å²) in [5.74, 6) is 0.177. The lowest BCUT2D eigenvalue weighted by Crippen LogP contribution is -2.42. The molecule has 1 N–H and O–H groups in total. The van der Waals surface area contributed by atoms with Crippen LogP contribution in [0.25, 0.3) is 21.8 Å². The van der Waals surface area contributed by atoms with Gasteiger partial charge in [0.05, 0.1) is 30.5 Å². The van der Waals surface area contributed by atoms with Gasteiger partial charge in [-0.05, 0) is 54.1 Å². The Morgan fingerprint density at radius 1 is 0.919 bits per heavy atom. The molecule has 0 bridgehead atoms. The normalized spacial score (nSPS) is 13.8. The van der Waals surface area contributed by atoms with Gasteiger partial charge in [0, 0.05) is 23.9 Å². The molecule has 0 radical (unpaired) electrons. The molecule has 1 aliphatic heterocycles. The molecular formula is C28H26N4O5. The van der Waals surface area contributed by atoms with E-state index in [1.165, 1.54) is 6.21 Å². The first-order valence-corrected chi connectivity index (χ1v) is 12.0. The van der Waals surface area contributed by atoms with Crippen LogP contribution in [0.15, 0.2) is 82.7 Å². The Morgan fingerprint density at radius 2 is 1.54 bits per heavy atom. The molecule has 0 spiro atoms. The molecule has 0 unspecified atom stereocenters. The summed E-state index contributed by atoms with van der Waals surface area (Å²) >= 11 is 0. The summed E-state index contributed by atoms with van der Waals surface area (Å²) in [6.45, 7) is 2.24. The van der Waals surface area contributed by atoms with Gasteiger partial charge in [-0.25, -0.2) is 5.43 Å². The molecule has 1 fully saturated rings. The Hall–Kier alpha value is -4.50. The zero-order valence-corrected chi connectivity index (χ0v) is 20.1. The van der Waals surface area contributed by atoms with Gasteiger partial charge in [-0.1, -0.05) is 24.3 Å². The van der Waals surface area contributed by atoms with Crippen LogP contribution in [0.5, 0.6) is 5.75 Å². The van der Waals surface area contributed by atoms with Gasteiger partial charge in [-0.15, -0.1) is 0 Å². The van der Waals surface area contributed by atoms with Crippen LogP contribution in [0.4, 0.5) is 0 Å². The van der Waals surface area contributed by atoms with Crippen LogP contribution in [-0.2, 0) is 20.9 Å². The van der Waals surface area contributed by atoms with Crippen molar-refractivity contribution < 1.29 is 19.1 Å². The molecule has 1 saturated heterocycles. The number of fused-ring (bicyclic) bond motifs is 2. The Labute approximate surface area is 212 Å². The molecule has 1 aliphatic rings. The first kappa shape index (κ1) is 24.2. The number of benzene rings is 3. The monoisotopic (exact) mass is 498 g/mol. The van der Waals surface area contributed by atoms with E-state index in [0.29, 0.717) is 53.9 Å². The van der Waals surface area contributed by atoms with Gasteiger partial charge in [-0.2, -0.15) is 5.10 Å². The molecule has 0 aliphatic carbocycles. The van der Waals surface area contributed by atoms with E-state index in [9.17, 15) is 14.4 Å². The molecule has 2 heterocycles. The molecule has 4 aromatic rings. The molecule has 0 saturated carbocycles. The van der Waals surface area contributed by atoms with Crippen molar-refractivity contribution in [1.82, 2.24) is 14.9 Å². The van der Waals surface area contributed by atoms with Gasteiger partial charge in [0.1, 0.15) is 12.3 Å². The van der Waals surface area contributed by atoms with Crippen molar-refractivity contribution >= 4 is 39.8 Å². The predicted octanol–water partition coefficient (Wildman–Crippen LogP) is 2.54. The number of carbonyl (C=O) groups excluding carboxylic acids is 2. The van der Waals surface area contributed by atoms with Gasteiger partial charge in [0.15, 0.2) is 12.0 Å². The molecule has 9 heteroatoms. The number of hydrazone groups is 1. The smallest absolute Gasteiger partial charge is 0.260 e. The molecular weight excluding hydrogens is 472 g/mol. The number of ether oxygens (including phenoxy) is 2. The Morgan fingerprint density at radius 3 is 2.19 bits per heavy atom. The first-order chi connectivity index (χ1) is 18.1. The fraction of sp³-hybridized carbons (Fsp3) is 0.214. The number of pyridine rings is 1. The number of nitrogens with zero attached hydrogens (tertiary/aromatic N) is 3. The van der Waals surface area contributed by atoms with Crippen molar-refractivity contribution in [1.29, 1.82) is 0 Å². The van der Waals surface area contributed by atoms with E-state index in [1.807, 2.05) is 41.0 Å². The highest BCUT2D eigenvalue weighted by molar-refractivity contribution is 5.95. The summed E-state index contributed by atoms with van der Waals surface area (Å²) in [7, 11) is 0. The lowest BCUT2D eigenvalue weighted by atomic mass is 10.1. The number of hydrogen-bond donors (Lipinski definition) is 1. The van der Waals surface area contributed by atoms with Crippen LogP contribution in [0.2, 0.25) is 0 Å². The summed E-state index contributed by atoms with van der Waals surface area (Å²) in [5, 5.41) is 5.19. The fourth-order valence-electron chi connectivity index (χ4n) is 4.30. The van der Waals surface area contributed by atoms with Gasteiger partial charge in [0.2, 0.25) is 0 Å². The highest BCUT2D eigenvalue weighted by Gasteiger charge is 2.17. The second kappa shape index (κ2) is 11.0. The van der Waals surface area contributed by atoms with E-state index in [1.54, 1.807) is 41.3 Å². The molecule has 2 amide bonds. The van der Waals surface area contributed by atoms with Crippen LogP contribution < -0.4 is 15.6 Å². The van der Waals surface area contributed by atoms with E-state index < -0.39 is 0 Å². The van der Waals surface area contributed by atoms with Crippen molar-refractivity contribution in [3.63, 3.8) is 0 Å². The van der Waals surface area contributed by atoms with Crippen molar-refractivity contribution in [2.75, 3.05) is 32.9 Å². The molecule has 5 rings (SSSR count). The maximum atomic E-state index is 12.9. The van der Waals surface area contributed by atoms with Crippen molar-refractivity contribution in [2.45, 2.75) is 6.54 Å². The average Bonchev–Trinajstić information content (AvgIpc) is 2.95. The van der Waals surface area contributed by atoms with Crippen LogP contribution in [-0.4, -0.2) is 60.4 Å². The average molecular weight is 499 g/mol. The second-order valence-corrected chi connectivity index (χ2v) is 8.59. The summed E-state index contributed by atoms with van der Waals surface area (Å²) in [5.41, 5.74) is 4.63. The molecule has 3 aromatic carbocycles. The molecule has 37 heavy (non-hydrogen) atoms. The first-order valence-electron chi connectivity index (χ1n) is 12.0. The number of amides is 2. The third-order valence-electron chi connectivity index (χ3n) is 6.19. The zero-order chi connectivity index (χ0) is 25.6. The van der Waals surface area contributed by atoms with E-state index in [4.69, 9.17) is 9.47 Å². The Kier molecular flexibility index (Phi) is 7.23. The van der Waals surface area contributed by atoms with Crippen molar-refractivity contribution in [3.05, 3.63) is 88.6 Å². The van der Waals surface area contributed by atoms with E-state index >= 15 is 0 Å². The molecule has 188 valence electrons. The summed E-state index contributed by atoms with van der Waals surface area (Å²) in [4.78, 5) is 39.5. The maximum Gasteiger partial charge on any atom is 0.260 e. The Bertz CT molecular complexity index is 1460. The van der Waals surface area contributed by atoms with Gasteiger partial charge in [0.25, 0.3) is 11.8 Å². The third kappa shape index (κ3) is 5.52. The minimum atomic E-state index is -0.322. The second-order valence-electron chi connectivity index (χ2n) is 8.59. The SMILES string of the molecule is O=C(Cn1c2ccccc2c(=O)c2ccccc21)N/N=C/c1ccc(OCC(=O)N2CCOCC2)cc1. The van der Waals surface area contributed by atoms with E-state index in [-0.39, 0.29) is 30.4 Å². The van der Waals surface area contributed by atoms with Gasteiger partial charge < -0.3 is 18.9 Å². The number of carbonyl (C=O) groups is 2. The maximum absolute atomic E-state index is 12.9. The highest BCUT2D eigenvalue weighted by atomic mass is 16.5. The molecule has 9 nitrogen and oxygen atoms in total. The summed E-state index contributed by atoms with van der Waals surface area (Å²) < 4.78 is 12.7. The lowest BCUT2D eigenvalue weighted by Gasteiger charge is -2.26. The summed E-state index contributed by atoms with van der Waals surface area (Å²) in [6, 6.07) is 21.6. The zero-order valence-electron chi connectivity index (χ0n) is 20.1. The lowest BCUT2D eigenvalue weighted by molar-refractivity contribution is -0.137. The number of para-hydroxylation sites is 2. The van der Waals surface area contributed by atoms with E-state index in [0.717, 1.165) is 5.56 Å². The topological polar surface area (TPSA) is 102 Å². The molecule has 1 aromatic heterocycles. The predicted molar refractivity (Wildman–Crippen MR) is 141 cm³/mol. The van der Waals surface area contributed by atoms with Crippen molar-refractivity contribution in [2.24, 2.45) is 5.10 Å². The van der Waals surface area contributed by atoms with Crippen molar-refractivity contribution in [3.8, 4) is 5.75 Å². The van der Waals surface area contributed by atoms with Crippen LogP contribution in [0.3, 0.4) is 0 Å². The summed E-state index contributed by atoms with van der Waals surface area (Å²) in [6.07, 6.45) is 1.53. The third-order valence-corrected chi connectivity index (χ3v) is 6.19. The van der Waals surface area contributed by atoms with Crippen LogP contribution >= 0.6 is 0 Å². The number of hydrogen-bond acceptors (Lipinski definition) is 6. The highest BCUT2D eigenvalue weighted by Crippen LogP contribution is 2.19. The minimum absolute atomic E-state index is 0.00258. The number of nitrogens with one attached hydrogen (secondary N) is 1. The molecule has 0 atom stereocenters. The van der Waals surface area contributed by atoms with Crippen LogP contribution in [0.1, 0.15) is 5.56 Å². The Balaban J connectivity index is 1.21. The van der Waals surface area contributed by atoms with Crippen LogP contribution in [0, 0.1) is 0 Å². The fourth-order valence-corrected chi connectivity index (χ4v) is 4.30. The van der Waals surface area contributed by atoms with E-state index in [2.05, 4.69) is 10.5 Å². The number of morpholine rings is 1. The van der Waals surface area contributed by atoms with Gasteiger partial charge in [-0.3, -0.25) is 14.4 Å². The quantitative estimate of drug-likeness (QED) is 0.240. The number of rotatable bonds is 7. The standard InChI is InChI=1S/C28H26N4O5/c33-26(18-32-24-7-3-1-5-22(24)28(35)23-6-2-4-8-25(23)32)30-29-17-20-9-11-21(12-10-20)37-19-27(34)31-13-15-36-16-14-31/h1-12,17H,13-16,18-19H2,(H,30,33)/b29-17+. The minimum Gasteiger partial charge on any atom is -0.484 e. The van der Waals surface area contributed by atoms with Gasteiger partial charge >= 0.3 is 0 Å². The largest absolute Gasteiger partial charge is 0.484 e. The number of aromatic nitrogens is 1.